The van der Waals surface area contributed by atoms with Gasteiger partial charge < -0.3 is 10.1 Å². The summed E-state index contributed by atoms with van der Waals surface area (Å²) in [6, 6.07) is 5.93. The lowest BCUT2D eigenvalue weighted by Crippen LogP contribution is -2.42. The molecule has 166 valence electrons. The van der Waals surface area contributed by atoms with Crippen molar-refractivity contribution in [3.05, 3.63) is 39.4 Å². The highest BCUT2D eigenvalue weighted by Gasteiger charge is 2.32. The minimum atomic E-state index is -3.65. The molecule has 2 heterocycles. The van der Waals surface area contributed by atoms with Crippen LogP contribution in [0.4, 0.5) is 5.95 Å². The van der Waals surface area contributed by atoms with E-state index >= 15 is 0 Å². The number of halogens is 1. The average molecular weight is 471 g/mol. The number of rotatable bonds is 7. The maximum atomic E-state index is 12.7. The van der Waals surface area contributed by atoms with Crippen LogP contribution in [-0.2, 0) is 21.4 Å². The number of nitro groups is 1. The number of benzene rings is 1. The van der Waals surface area contributed by atoms with Crippen LogP contribution >= 0.6 is 11.6 Å². The molecule has 1 aliphatic heterocycles. The predicted molar refractivity (Wildman–Crippen MR) is 109 cm³/mol. The molecule has 1 aliphatic rings. The van der Waals surface area contributed by atoms with Gasteiger partial charge in [-0.25, -0.2) is 13.8 Å². The number of piperidine rings is 1. The molecule has 1 saturated heterocycles. The van der Waals surface area contributed by atoms with Gasteiger partial charge in [0.25, 0.3) is 0 Å². The number of nitrogens with zero attached hydrogens (tertiary/aromatic N) is 7. The van der Waals surface area contributed by atoms with E-state index in [1.807, 2.05) is 0 Å². The van der Waals surface area contributed by atoms with Crippen molar-refractivity contribution in [2.75, 3.05) is 13.1 Å². The van der Waals surface area contributed by atoms with Crippen molar-refractivity contribution in [1.82, 2.24) is 29.9 Å². The summed E-state index contributed by atoms with van der Waals surface area (Å²) in [6.07, 6.45) is 0.702. The molecule has 3 rings (SSSR count). The lowest BCUT2D eigenvalue weighted by atomic mass is 9.98. The smallest absolute Gasteiger partial charge is 0.390 e. The largest absolute Gasteiger partial charge is 0.514 e. The van der Waals surface area contributed by atoms with Crippen molar-refractivity contribution >= 4 is 39.2 Å². The molecular weight excluding hydrogens is 452 g/mol. The monoisotopic (exact) mass is 470 g/mol. The van der Waals surface area contributed by atoms with Gasteiger partial charge in [0, 0.05) is 29.2 Å². The van der Waals surface area contributed by atoms with Gasteiger partial charge in [-0.3, -0.25) is 4.79 Å². The first-order valence-electron chi connectivity index (χ1n) is 9.18. The van der Waals surface area contributed by atoms with Crippen LogP contribution in [0, 0.1) is 16.0 Å². The highest BCUT2D eigenvalue weighted by molar-refractivity contribution is 7.89. The second kappa shape index (κ2) is 9.45. The number of carbonyl (C=O) groups is 1. The predicted octanol–water partition coefficient (Wildman–Crippen LogP) is 0.828. The lowest BCUT2D eigenvalue weighted by Gasteiger charge is -2.30. The summed E-state index contributed by atoms with van der Waals surface area (Å²) in [6.45, 7) is 2.02. The lowest BCUT2D eigenvalue weighted by molar-refractivity contribution is -0.394. The average Bonchev–Trinajstić information content (AvgIpc) is 3.21. The Bertz CT molecular complexity index is 1090. The molecule has 1 aromatic heterocycles. The second-order valence-electron chi connectivity index (χ2n) is 6.83. The van der Waals surface area contributed by atoms with E-state index in [0.29, 0.717) is 23.6 Å². The highest BCUT2D eigenvalue weighted by Crippen LogP contribution is 2.24. The Balaban J connectivity index is 1.52. The summed E-state index contributed by atoms with van der Waals surface area (Å²) in [5, 5.41) is 25.3. The van der Waals surface area contributed by atoms with Gasteiger partial charge in [0.2, 0.25) is 15.9 Å². The van der Waals surface area contributed by atoms with Crippen LogP contribution in [0.15, 0.2) is 34.3 Å². The van der Waals surface area contributed by atoms with E-state index in [-0.39, 0.29) is 36.4 Å². The van der Waals surface area contributed by atoms with E-state index < -0.39 is 20.9 Å². The normalized spacial score (nSPS) is 16.3. The maximum absolute atomic E-state index is 12.7. The first-order valence-corrected chi connectivity index (χ1v) is 11.0. The quantitative estimate of drug-likeness (QED) is 0.352. The number of hydrogen-bond donors (Lipinski definition) is 1. The SMILES string of the molecule is CC(Cn1nnc([N+](=O)[O-])n1)=NNC(=O)C1CCN(S(=O)(=O)c2ccc(Cl)cc2)CC1. The van der Waals surface area contributed by atoms with Crippen LogP contribution in [0.5, 0.6) is 0 Å². The molecule has 0 bridgehead atoms. The van der Waals surface area contributed by atoms with E-state index in [1.54, 1.807) is 6.92 Å². The molecule has 1 N–H and O–H groups in total. The van der Waals surface area contributed by atoms with Gasteiger partial charge in [0.05, 0.1) is 20.8 Å². The summed E-state index contributed by atoms with van der Waals surface area (Å²) in [5.41, 5.74) is 2.84. The van der Waals surface area contributed by atoms with Crippen molar-refractivity contribution < 1.29 is 18.1 Å². The minimum Gasteiger partial charge on any atom is -0.390 e. The van der Waals surface area contributed by atoms with Crippen molar-refractivity contribution in [3.63, 3.8) is 0 Å². The Hall–Kier alpha value is -2.97. The highest BCUT2D eigenvalue weighted by atomic mass is 35.5. The number of aromatic nitrogens is 4. The van der Waals surface area contributed by atoms with Crippen LogP contribution in [-0.4, -0.2) is 62.6 Å². The second-order valence-corrected chi connectivity index (χ2v) is 9.21. The third-order valence-corrected chi connectivity index (χ3v) is 6.77. The number of hydrogen-bond acceptors (Lipinski definition) is 9. The molecule has 1 amide bonds. The first-order chi connectivity index (χ1) is 14.7. The molecule has 0 atom stereocenters. The first kappa shape index (κ1) is 22.7. The number of sulfonamides is 1. The van der Waals surface area contributed by atoms with Gasteiger partial charge >= 0.3 is 5.95 Å². The van der Waals surface area contributed by atoms with Crippen LogP contribution in [0.25, 0.3) is 0 Å². The van der Waals surface area contributed by atoms with E-state index in [2.05, 4.69) is 25.9 Å². The summed E-state index contributed by atoms with van der Waals surface area (Å²) in [5.74, 6) is -1.35. The summed E-state index contributed by atoms with van der Waals surface area (Å²) < 4.78 is 26.8. The van der Waals surface area contributed by atoms with Crippen molar-refractivity contribution in [3.8, 4) is 0 Å². The van der Waals surface area contributed by atoms with Gasteiger partial charge in [0.1, 0.15) is 6.54 Å². The Morgan fingerprint density at radius 1 is 1.32 bits per heavy atom. The van der Waals surface area contributed by atoms with Crippen LogP contribution in [0.2, 0.25) is 5.02 Å². The molecule has 13 nitrogen and oxygen atoms in total. The van der Waals surface area contributed by atoms with E-state index in [0.717, 1.165) is 4.80 Å². The van der Waals surface area contributed by atoms with Crippen molar-refractivity contribution in [2.45, 2.75) is 31.2 Å². The summed E-state index contributed by atoms with van der Waals surface area (Å²) in [4.78, 5) is 23.3. The molecule has 0 spiro atoms. The fraction of sp³-hybridized carbons (Fsp3) is 0.438. The zero-order chi connectivity index (χ0) is 22.6. The van der Waals surface area contributed by atoms with Crippen LogP contribution < -0.4 is 5.43 Å². The van der Waals surface area contributed by atoms with Crippen molar-refractivity contribution in [2.24, 2.45) is 11.0 Å². The van der Waals surface area contributed by atoms with Gasteiger partial charge in [-0.05, 0) is 49.0 Å². The van der Waals surface area contributed by atoms with Crippen LogP contribution in [0.1, 0.15) is 19.8 Å². The van der Waals surface area contributed by atoms with E-state index in [1.165, 1.54) is 28.6 Å². The molecular formula is C16H19ClN8O5S. The molecule has 0 unspecified atom stereocenters. The minimum absolute atomic E-state index is 0.0128. The van der Waals surface area contributed by atoms with Gasteiger partial charge in [-0.1, -0.05) is 16.4 Å². The Kier molecular flexibility index (Phi) is 6.92. The zero-order valence-electron chi connectivity index (χ0n) is 16.4. The summed E-state index contributed by atoms with van der Waals surface area (Å²) in [7, 11) is -3.65. The fourth-order valence-electron chi connectivity index (χ4n) is 2.97. The Labute approximate surface area is 182 Å². The number of nitrogens with one attached hydrogen (secondary N) is 1. The number of amides is 1. The Morgan fingerprint density at radius 2 is 1.97 bits per heavy atom. The zero-order valence-corrected chi connectivity index (χ0v) is 18.0. The van der Waals surface area contributed by atoms with E-state index in [4.69, 9.17) is 11.6 Å². The molecule has 31 heavy (non-hydrogen) atoms. The molecule has 15 heteroatoms. The third kappa shape index (κ3) is 5.59. The van der Waals surface area contributed by atoms with Crippen LogP contribution in [0.3, 0.4) is 0 Å². The van der Waals surface area contributed by atoms with Gasteiger partial charge in [-0.2, -0.15) is 9.41 Å². The molecule has 0 radical (unpaired) electrons. The number of hydrazone groups is 1. The number of tetrazole rings is 1. The molecule has 2 aromatic rings. The van der Waals surface area contributed by atoms with Gasteiger partial charge in [0.15, 0.2) is 0 Å². The molecule has 0 saturated carbocycles. The third-order valence-electron chi connectivity index (χ3n) is 4.61. The topological polar surface area (TPSA) is 166 Å². The molecule has 0 aliphatic carbocycles. The summed E-state index contributed by atoms with van der Waals surface area (Å²) >= 11 is 5.81. The van der Waals surface area contributed by atoms with E-state index in [9.17, 15) is 23.3 Å². The standard InChI is InChI=1S/C16H19ClN8O5S/c1-11(10-24-21-16(20-22-24)25(27)28)18-19-15(26)12-6-8-23(9-7-12)31(29,30)14-4-2-13(17)3-5-14/h2-5,12H,6-10H2,1H3,(H,19,26). The van der Waals surface area contributed by atoms with Gasteiger partial charge in [-0.15, -0.1) is 0 Å². The Morgan fingerprint density at radius 3 is 2.55 bits per heavy atom. The maximum Gasteiger partial charge on any atom is 0.514 e. The number of carbonyl (C=O) groups excluding carboxylic acids is 1. The molecule has 1 aromatic carbocycles. The fourth-order valence-corrected chi connectivity index (χ4v) is 4.57. The van der Waals surface area contributed by atoms with Crippen molar-refractivity contribution in [1.29, 1.82) is 0 Å². The molecule has 1 fully saturated rings.